The second-order valence-electron chi connectivity index (χ2n) is 6.83. The van der Waals surface area contributed by atoms with Crippen LogP contribution in [0.4, 0.5) is 5.82 Å². The van der Waals surface area contributed by atoms with Crippen molar-refractivity contribution in [2.24, 2.45) is 5.92 Å². The van der Waals surface area contributed by atoms with Crippen LogP contribution >= 0.6 is 0 Å². The Hall–Kier alpha value is -2.80. The normalized spacial score (nSPS) is 17.5. The van der Waals surface area contributed by atoms with Gasteiger partial charge in [0.2, 0.25) is 0 Å². The van der Waals surface area contributed by atoms with Gasteiger partial charge in [0.15, 0.2) is 5.82 Å². The third-order valence-electron chi connectivity index (χ3n) is 4.75. The maximum atomic E-state index is 4.41. The van der Waals surface area contributed by atoms with Crippen LogP contribution in [-0.2, 0) is 6.54 Å². The Bertz CT molecular complexity index is 829. The van der Waals surface area contributed by atoms with Crippen molar-refractivity contribution in [3.8, 4) is 5.69 Å². The van der Waals surface area contributed by atoms with E-state index in [0.717, 1.165) is 43.5 Å². The van der Waals surface area contributed by atoms with Gasteiger partial charge >= 0.3 is 0 Å². The Morgan fingerprint density at radius 1 is 1.15 bits per heavy atom. The number of hydrogen-bond acceptors (Lipinski definition) is 6. The number of rotatable bonds is 6. The van der Waals surface area contributed by atoms with E-state index in [4.69, 9.17) is 0 Å². The van der Waals surface area contributed by atoms with Crippen molar-refractivity contribution in [2.45, 2.75) is 19.9 Å². The van der Waals surface area contributed by atoms with E-state index >= 15 is 0 Å². The first-order valence-electron chi connectivity index (χ1n) is 8.99. The van der Waals surface area contributed by atoms with Gasteiger partial charge in [-0.2, -0.15) is 4.68 Å². The molecule has 1 aliphatic rings. The van der Waals surface area contributed by atoms with Crippen molar-refractivity contribution in [1.82, 2.24) is 30.1 Å². The van der Waals surface area contributed by atoms with Gasteiger partial charge in [-0.15, -0.1) is 5.10 Å². The van der Waals surface area contributed by atoms with Crippen molar-refractivity contribution in [3.63, 3.8) is 0 Å². The molecule has 0 unspecified atom stereocenters. The molecule has 3 heterocycles. The molecule has 1 aliphatic heterocycles. The highest BCUT2D eigenvalue weighted by Crippen LogP contribution is 2.19. The second kappa shape index (κ2) is 7.61. The van der Waals surface area contributed by atoms with Gasteiger partial charge in [0.1, 0.15) is 5.82 Å². The average Bonchev–Trinajstić information content (AvgIpc) is 3.32. The lowest BCUT2D eigenvalue weighted by atomic mass is 10.1. The quantitative estimate of drug-likeness (QED) is 0.736. The summed E-state index contributed by atoms with van der Waals surface area (Å²) in [6, 6.07) is 14.1. The van der Waals surface area contributed by atoms with Gasteiger partial charge in [-0.05, 0) is 60.0 Å². The Labute approximate surface area is 153 Å². The molecule has 0 spiro atoms. The molecule has 26 heavy (non-hydrogen) atoms. The van der Waals surface area contributed by atoms with Gasteiger partial charge in [0, 0.05) is 19.3 Å². The molecule has 0 radical (unpaired) electrons. The average molecular weight is 349 g/mol. The van der Waals surface area contributed by atoms with Crippen LogP contribution in [0.3, 0.4) is 0 Å². The molecule has 0 saturated carbocycles. The van der Waals surface area contributed by atoms with Gasteiger partial charge in [-0.1, -0.05) is 24.3 Å². The van der Waals surface area contributed by atoms with Crippen molar-refractivity contribution < 1.29 is 0 Å². The maximum Gasteiger partial charge on any atom is 0.170 e. The number of benzene rings is 1. The van der Waals surface area contributed by atoms with Gasteiger partial charge in [0.05, 0.1) is 12.2 Å². The first-order chi connectivity index (χ1) is 12.8. The lowest BCUT2D eigenvalue weighted by Gasteiger charge is -2.16. The van der Waals surface area contributed by atoms with Crippen LogP contribution in [0.5, 0.6) is 0 Å². The molecular weight excluding hydrogens is 326 g/mol. The number of pyridine rings is 1. The predicted octanol–water partition coefficient (Wildman–Crippen LogP) is 2.30. The van der Waals surface area contributed by atoms with E-state index in [0.29, 0.717) is 5.92 Å². The third kappa shape index (κ3) is 3.88. The minimum Gasteiger partial charge on any atom is -0.370 e. The zero-order valence-electron chi connectivity index (χ0n) is 14.9. The summed E-state index contributed by atoms with van der Waals surface area (Å²) in [6.45, 7) is 5.86. The van der Waals surface area contributed by atoms with Crippen molar-refractivity contribution >= 4 is 5.82 Å². The number of nitrogens with one attached hydrogen (secondary N) is 1. The molecule has 1 atom stereocenters. The van der Waals surface area contributed by atoms with Gasteiger partial charge in [0.25, 0.3) is 0 Å². The van der Waals surface area contributed by atoms with Gasteiger partial charge < -0.3 is 5.32 Å². The summed E-state index contributed by atoms with van der Waals surface area (Å²) in [5, 5.41) is 15.7. The van der Waals surface area contributed by atoms with E-state index in [1.165, 1.54) is 12.0 Å². The molecule has 1 fully saturated rings. The number of hydrogen-bond donors (Lipinski definition) is 1. The summed E-state index contributed by atoms with van der Waals surface area (Å²) in [5.74, 6) is 2.44. The number of likely N-dealkylation sites (tertiary alicyclic amines) is 1. The minimum absolute atomic E-state index is 0.610. The van der Waals surface area contributed by atoms with E-state index < -0.39 is 0 Å². The van der Waals surface area contributed by atoms with Crippen LogP contribution in [0.2, 0.25) is 0 Å². The molecular formula is C19H23N7. The van der Waals surface area contributed by atoms with Crippen LogP contribution in [0.1, 0.15) is 17.8 Å². The molecule has 2 aromatic heterocycles. The summed E-state index contributed by atoms with van der Waals surface area (Å²) in [6.07, 6.45) is 3.07. The summed E-state index contributed by atoms with van der Waals surface area (Å²) in [5.41, 5.74) is 2.18. The topological polar surface area (TPSA) is 71.8 Å². The highest BCUT2D eigenvalue weighted by molar-refractivity contribution is 5.35. The van der Waals surface area contributed by atoms with Gasteiger partial charge in [-0.3, -0.25) is 4.90 Å². The van der Waals surface area contributed by atoms with Gasteiger partial charge in [-0.25, -0.2) is 4.98 Å². The Balaban J connectivity index is 1.32. The summed E-state index contributed by atoms with van der Waals surface area (Å²) in [4.78, 5) is 6.83. The molecule has 4 rings (SSSR count). The first-order valence-corrected chi connectivity index (χ1v) is 8.99. The predicted molar refractivity (Wildman–Crippen MR) is 100 cm³/mol. The lowest BCUT2D eigenvalue weighted by molar-refractivity contribution is 0.307. The van der Waals surface area contributed by atoms with Crippen LogP contribution in [0, 0.1) is 12.8 Å². The molecule has 0 bridgehead atoms. The smallest absolute Gasteiger partial charge is 0.170 e. The second-order valence-corrected chi connectivity index (χ2v) is 6.83. The monoisotopic (exact) mass is 349 g/mol. The highest BCUT2D eigenvalue weighted by Gasteiger charge is 2.24. The van der Waals surface area contributed by atoms with E-state index in [2.05, 4.69) is 43.7 Å². The molecule has 7 nitrogen and oxygen atoms in total. The zero-order valence-corrected chi connectivity index (χ0v) is 14.9. The molecule has 7 heteroatoms. The van der Waals surface area contributed by atoms with Crippen LogP contribution in [0.25, 0.3) is 5.69 Å². The number of anilines is 1. The number of aromatic nitrogens is 5. The summed E-state index contributed by atoms with van der Waals surface area (Å²) in [7, 11) is 0. The number of aryl methyl sites for hydroxylation is 1. The van der Waals surface area contributed by atoms with E-state index in [-0.39, 0.29) is 0 Å². The number of nitrogens with zero attached hydrogens (tertiary/aromatic N) is 6. The van der Waals surface area contributed by atoms with Crippen molar-refractivity contribution in [1.29, 1.82) is 0 Å². The fraction of sp³-hybridized carbons (Fsp3) is 0.368. The maximum absolute atomic E-state index is 4.41. The van der Waals surface area contributed by atoms with E-state index in [9.17, 15) is 0 Å². The molecule has 0 aliphatic carbocycles. The highest BCUT2D eigenvalue weighted by atomic mass is 15.5. The Kier molecular flexibility index (Phi) is 4.88. The van der Waals surface area contributed by atoms with Crippen LogP contribution in [-0.4, -0.2) is 49.7 Å². The third-order valence-corrected chi connectivity index (χ3v) is 4.75. The molecule has 0 amide bonds. The SMILES string of the molecule is Cc1ccc(NC[C@@H]2CCN(Cc3nnnn3-c3ccccc3)C2)nc1. The fourth-order valence-electron chi connectivity index (χ4n) is 3.32. The summed E-state index contributed by atoms with van der Waals surface area (Å²) < 4.78 is 1.82. The molecule has 1 saturated heterocycles. The van der Waals surface area contributed by atoms with Crippen molar-refractivity contribution in [3.05, 3.63) is 60.0 Å². The van der Waals surface area contributed by atoms with E-state index in [1.54, 1.807) is 0 Å². The zero-order chi connectivity index (χ0) is 17.8. The van der Waals surface area contributed by atoms with Crippen LogP contribution in [0.15, 0.2) is 48.7 Å². The first kappa shape index (κ1) is 16.7. The Morgan fingerprint density at radius 2 is 2.04 bits per heavy atom. The largest absolute Gasteiger partial charge is 0.370 e. The number of para-hydroxylation sites is 1. The molecule has 3 aromatic rings. The summed E-state index contributed by atoms with van der Waals surface area (Å²) >= 11 is 0. The lowest BCUT2D eigenvalue weighted by Crippen LogP contribution is -2.24. The Morgan fingerprint density at radius 3 is 2.85 bits per heavy atom. The fourth-order valence-corrected chi connectivity index (χ4v) is 3.32. The van der Waals surface area contributed by atoms with E-state index in [1.807, 2.05) is 47.3 Å². The molecule has 134 valence electrons. The van der Waals surface area contributed by atoms with Crippen LogP contribution < -0.4 is 5.32 Å². The molecule has 1 N–H and O–H groups in total. The molecule has 1 aromatic carbocycles. The minimum atomic E-state index is 0.610. The number of tetrazole rings is 1. The van der Waals surface area contributed by atoms with Crippen molar-refractivity contribution in [2.75, 3.05) is 25.0 Å². The standard InChI is InChI=1S/C19H23N7/c1-15-7-8-18(20-11-15)21-12-16-9-10-25(13-16)14-19-22-23-24-26(19)17-5-3-2-4-6-17/h2-8,11,16H,9-10,12-14H2,1H3,(H,20,21)/t16-/m0/s1.